The van der Waals surface area contributed by atoms with Gasteiger partial charge in [0.25, 0.3) is 0 Å². The highest BCUT2D eigenvalue weighted by Gasteiger charge is 2.40. The molecule has 0 spiro atoms. The van der Waals surface area contributed by atoms with Crippen LogP contribution in [0.15, 0.2) is 24.3 Å². The molecule has 1 aromatic carbocycles. The fraction of sp³-hybridized carbons (Fsp3) is 0.571. The van der Waals surface area contributed by atoms with Crippen LogP contribution in [0.3, 0.4) is 0 Å². The number of hydrogen-bond acceptors (Lipinski definition) is 2. The van der Waals surface area contributed by atoms with Crippen molar-refractivity contribution in [3.8, 4) is 0 Å². The van der Waals surface area contributed by atoms with E-state index in [1.54, 1.807) is 0 Å². The Labute approximate surface area is 97.4 Å². The smallest absolute Gasteiger partial charge is 0.0366 e. The third-order valence-electron chi connectivity index (χ3n) is 3.85. The summed E-state index contributed by atoms with van der Waals surface area (Å²) in [6.45, 7) is 3.23. The van der Waals surface area contributed by atoms with Crippen LogP contribution in [0.25, 0.3) is 0 Å². The average molecular weight is 216 g/mol. The lowest BCUT2D eigenvalue weighted by atomic mass is 10.0. The van der Waals surface area contributed by atoms with Crippen molar-refractivity contribution in [1.29, 1.82) is 0 Å². The van der Waals surface area contributed by atoms with Gasteiger partial charge < -0.3 is 5.73 Å². The van der Waals surface area contributed by atoms with Gasteiger partial charge in [0.15, 0.2) is 0 Å². The first-order chi connectivity index (χ1) is 7.74. The van der Waals surface area contributed by atoms with E-state index >= 15 is 0 Å². The molecule has 0 amide bonds. The summed E-state index contributed by atoms with van der Waals surface area (Å²) in [5, 5.41) is 0. The van der Waals surface area contributed by atoms with Crippen LogP contribution in [0.2, 0.25) is 0 Å². The Bertz CT molecular complexity index is 367. The minimum absolute atomic E-state index is 0.368. The van der Waals surface area contributed by atoms with Gasteiger partial charge in [-0.1, -0.05) is 29.8 Å². The summed E-state index contributed by atoms with van der Waals surface area (Å²) in [4.78, 5) is 2.62. The number of aryl methyl sites for hydroxylation is 1. The fourth-order valence-corrected chi connectivity index (χ4v) is 2.82. The monoisotopic (exact) mass is 216 g/mol. The van der Waals surface area contributed by atoms with Gasteiger partial charge in [-0.15, -0.1) is 0 Å². The summed E-state index contributed by atoms with van der Waals surface area (Å²) in [6.07, 6.45) is 3.86. The standard InChI is InChI=1S/C14H20N2/c1-10-2-4-11(5-3-10)14-8-12(15)9-16(14)13-6-7-13/h2-5,12-14H,6-9,15H2,1H3. The lowest BCUT2D eigenvalue weighted by Crippen LogP contribution is -2.29. The summed E-state index contributed by atoms with van der Waals surface area (Å²) in [6, 6.07) is 10.7. The van der Waals surface area contributed by atoms with E-state index in [0.29, 0.717) is 12.1 Å². The first kappa shape index (κ1) is 10.3. The molecule has 2 N–H and O–H groups in total. The van der Waals surface area contributed by atoms with Gasteiger partial charge in [-0.3, -0.25) is 4.90 Å². The van der Waals surface area contributed by atoms with E-state index in [-0.39, 0.29) is 0 Å². The zero-order chi connectivity index (χ0) is 11.1. The molecule has 1 aliphatic carbocycles. The molecule has 2 fully saturated rings. The quantitative estimate of drug-likeness (QED) is 0.821. The Morgan fingerprint density at radius 3 is 2.50 bits per heavy atom. The van der Waals surface area contributed by atoms with Crippen molar-refractivity contribution in [1.82, 2.24) is 4.90 Å². The maximum absolute atomic E-state index is 6.11. The van der Waals surface area contributed by atoms with Crippen molar-refractivity contribution >= 4 is 0 Å². The van der Waals surface area contributed by atoms with E-state index < -0.39 is 0 Å². The molecule has 86 valence electrons. The first-order valence-electron chi connectivity index (χ1n) is 6.32. The SMILES string of the molecule is Cc1ccc(C2CC(N)CN2C2CC2)cc1. The van der Waals surface area contributed by atoms with E-state index in [1.165, 1.54) is 24.0 Å². The van der Waals surface area contributed by atoms with Crippen LogP contribution in [0.4, 0.5) is 0 Å². The Balaban J connectivity index is 1.84. The Hall–Kier alpha value is -0.860. The molecule has 2 atom stereocenters. The van der Waals surface area contributed by atoms with Gasteiger partial charge in [0, 0.05) is 24.7 Å². The molecule has 1 heterocycles. The minimum atomic E-state index is 0.368. The van der Waals surface area contributed by atoms with Crippen LogP contribution in [0, 0.1) is 6.92 Å². The van der Waals surface area contributed by atoms with E-state index in [2.05, 4.69) is 36.1 Å². The molecule has 1 aliphatic heterocycles. The highest BCUT2D eigenvalue weighted by atomic mass is 15.2. The van der Waals surface area contributed by atoms with Gasteiger partial charge in [-0.2, -0.15) is 0 Å². The summed E-state index contributed by atoms with van der Waals surface area (Å²) in [5.74, 6) is 0. The maximum atomic E-state index is 6.11. The van der Waals surface area contributed by atoms with Crippen molar-refractivity contribution in [2.45, 2.75) is 44.3 Å². The number of nitrogens with zero attached hydrogens (tertiary/aromatic N) is 1. The van der Waals surface area contributed by atoms with Crippen molar-refractivity contribution < 1.29 is 0 Å². The van der Waals surface area contributed by atoms with Crippen molar-refractivity contribution in [3.63, 3.8) is 0 Å². The molecule has 2 aliphatic rings. The van der Waals surface area contributed by atoms with E-state index in [4.69, 9.17) is 5.73 Å². The second-order valence-corrected chi connectivity index (χ2v) is 5.35. The van der Waals surface area contributed by atoms with Crippen LogP contribution in [-0.2, 0) is 0 Å². The number of hydrogen-bond donors (Lipinski definition) is 1. The van der Waals surface area contributed by atoms with Gasteiger partial charge in [0.05, 0.1) is 0 Å². The topological polar surface area (TPSA) is 29.3 Å². The highest BCUT2D eigenvalue weighted by molar-refractivity contribution is 5.26. The summed E-state index contributed by atoms with van der Waals surface area (Å²) in [7, 11) is 0. The maximum Gasteiger partial charge on any atom is 0.0366 e. The highest BCUT2D eigenvalue weighted by Crippen LogP contribution is 2.40. The number of likely N-dealkylation sites (tertiary alicyclic amines) is 1. The lowest BCUT2D eigenvalue weighted by molar-refractivity contribution is 0.245. The summed E-state index contributed by atoms with van der Waals surface area (Å²) in [5.41, 5.74) is 8.89. The molecule has 2 heteroatoms. The van der Waals surface area contributed by atoms with E-state index in [1.807, 2.05) is 0 Å². The van der Waals surface area contributed by atoms with Crippen LogP contribution in [0.5, 0.6) is 0 Å². The fourth-order valence-electron chi connectivity index (χ4n) is 2.82. The van der Waals surface area contributed by atoms with Crippen molar-refractivity contribution in [2.75, 3.05) is 6.54 Å². The zero-order valence-electron chi connectivity index (χ0n) is 9.89. The molecular weight excluding hydrogens is 196 g/mol. The van der Waals surface area contributed by atoms with Gasteiger partial charge in [0.1, 0.15) is 0 Å². The molecular formula is C14H20N2. The number of benzene rings is 1. The lowest BCUT2D eigenvalue weighted by Gasteiger charge is -2.24. The van der Waals surface area contributed by atoms with Crippen LogP contribution >= 0.6 is 0 Å². The Morgan fingerprint density at radius 1 is 1.19 bits per heavy atom. The molecule has 2 nitrogen and oxygen atoms in total. The second kappa shape index (κ2) is 3.86. The molecule has 0 radical (unpaired) electrons. The van der Waals surface area contributed by atoms with E-state index in [9.17, 15) is 0 Å². The third kappa shape index (κ3) is 1.87. The summed E-state index contributed by atoms with van der Waals surface area (Å²) < 4.78 is 0. The molecule has 3 rings (SSSR count). The Morgan fingerprint density at radius 2 is 1.88 bits per heavy atom. The average Bonchev–Trinajstić information content (AvgIpc) is 3.04. The summed E-state index contributed by atoms with van der Waals surface area (Å²) >= 11 is 0. The Kier molecular flexibility index (Phi) is 2.49. The van der Waals surface area contributed by atoms with Gasteiger partial charge >= 0.3 is 0 Å². The van der Waals surface area contributed by atoms with Crippen LogP contribution < -0.4 is 5.73 Å². The molecule has 1 saturated carbocycles. The number of rotatable bonds is 2. The first-order valence-corrected chi connectivity index (χ1v) is 6.32. The van der Waals surface area contributed by atoms with Crippen LogP contribution in [-0.4, -0.2) is 23.5 Å². The molecule has 16 heavy (non-hydrogen) atoms. The molecule has 0 bridgehead atoms. The molecule has 2 unspecified atom stereocenters. The zero-order valence-corrected chi connectivity index (χ0v) is 9.89. The third-order valence-corrected chi connectivity index (χ3v) is 3.85. The van der Waals surface area contributed by atoms with Gasteiger partial charge in [0.2, 0.25) is 0 Å². The predicted octanol–water partition coefficient (Wildman–Crippen LogP) is 2.23. The predicted molar refractivity (Wildman–Crippen MR) is 66.2 cm³/mol. The van der Waals surface area contributed by atoms with Gasteiger partial charge in [-0.05, 0) is 31.7 Å². The van der Waals surface area contributed by atoms with Gasteiger partial charge in [-0.25, -0.2) is 0 Å². The normalized spacial score (nSPS) is 30.9. The van der Waals surface area contributed by atoms with Crippen LogP contribution in [0.1, 0.15) is 36.4 Å². The molecule has 0 aromatic heterocycles. The second-order valence-electron chi connectivity index (χ2n) is 5.35. The largest absolute Gasteiger partial charge is 0.326 e. The van der Waals surface area contributed by atoms with Crippen molar-refractivity contribution in [2.24, 2.45) is 5.73 Å². The van der Waals surface area contributed by atoms with E-state index in [0.717, 1.165) is 19.0 Å². The number of nitrogens with two attached hydrogens (primary N) is 1. The minimum Gasteiger partial charge on any atom is -0.326 e. The molecule has 1 aromatic rings. The molecule has 1 saturated heterocycles. The van der Waals surface area contributed by atoms with Crippen molar-refractivity contribution in [3.05, 3.63) is 35.4 Å².